The highest BCUT2D eigenvalue weighted by Crippen LogP contribution is 2.31. The van der Waals surface area contributed by atoms with Gasteiger partial charge in [-0.3, -0.25) is 9.55 Å². The molecule has 0 spiro atoms. The molecule has 0 aliphatic carbocycles. The summed E-state index contributed by atoms with van der Waals surface area (Å²) in [5, 5.41) is 9.88. The number of nitrogens with zero attached hydrogens (tertiary/aromatic N) is 4. The van der Waals surface area contributed by atoms with Crippen LogP contribution in [0.25, 0.3) is 17.1 Å². The number of sulfone groups is 1. The average Bonchev–Trinajstić information content (AvgIpc) is 3.01. The van der Waals surface area contributed by atoms with E-state index in [0.717, 1.165) is 11.3 Å². The van der Waals surface area contributed by atoms with Crippen LogP contribution in [0.2, 0.25) is 10.0 Å². The molecule has 0 radical (unpaired) electrons. The van der Waals surface area contributed by atoms with Crippen LogP contribution in [0.15, 0.2) is 47.9 Å². The molecule has 136 valence electrons. The largest absolute Gasteiger partial charge is 0.270 e. The molecule has 0 saturated carbocycles. The van der Waals surface area contributed by atoms with Crippen molar-refractivity contribution < 1.29 is 8.42 Å². The maximum absolute atomic E-state index is 11.4. The molecule has 0 unspecified atom stereocenters. The fourth-order valence-corrected chi connectivity index (χ4v) is 4.63. The second-order valence-electron chi connectivity index (χ2n) is 5.46. The summed E-state index contributed by atoms with van der Waals surface area (Å²) in [4.78, 5) is 4.12. The standard InChI is InChI=1S/C16H14Cl2N4O2S2/c1-26(23,24)8-7-25-16-21-20-15(11-3-2-6-19-10-11)22(16)12-4-5-13(17)14(18)9-12/h2-6,9-10H,7-8H2,1H3. The fraction of sp³-hybridized carbons (Fsp3) is 0.188. The van der Waals surface area contributed by atoms with Gasteiger partial charge >= 0.3 is 0 Å². The van der Waals surface area contributed by atoms with Gasteiger partial charge in [-0.25, -0.2) is 8.42 Å². The number of benzene rings is 1. The third-order valence-corrected chi connectivity index (χ3v) is 6.27. The summed E-state index contributed by atoms with van der Waals surface area (Å²) in [6.07, 6.45) is 4.56. The van der Waals surface area contributed by atoms with E-state index in [1.54, 1.807) is 36.7 Å². The number of hydrogen-bond donors (Lipinski definition) is 0. The number of hydrogen-bond acceptors (Lipinski definition) is 6. The van der Waals surface area contributed by atoms with Crippen LogP contribution in [0.5, 0.6) is 0 Å². The molecule has 0 bridgehead atoms. The Kier molecular flexibility index (Phi) is 5.86. The Balaban J connectivity index is 2.05. The predicted octanol–water partition coefficient (Wildman–Crippen LogP) is 3.77. The Morgan fingerprint density at radius 3 is 2.62 bits per heavy atom. The van der Waals surface area contributed by atoms with E-state index >= 15 is 0 Å². The molecule has 0 fully saturated rings. The van der Waals surface area contributed by atoms with Crippen molar-refractivity contribution in [3.05, 3.63) is 52.8 Å². The molecule has 0 aliphatic rings. The highest BCUT2D eigenvalue weighted by molar-refractivity contribution is 8.00. The van der Waals surface area contributed by atoms with Gasteiger partial charge in [0.05, 0.1) is 21.5 Å². The smallest absolute Gasteiger partial charge is 0.196 e. The van der Waals surface area contributed by atoms with E-state index in [-0.39, 0.29) is 5.75 Å². The van der Waals surface area contributed by atoms with Crippen molar-refractivity contribution in [2.24, 2.45) is 0 Å². The molecule has 26 heavy (non-hydrogen) atoms. The molecule has 10 heteroatoms. The Labute approximate surface area is 165 Å². The maximum atomic E-state index is 11.4. The van der Waals surface area contributed by atoms with Gasteiger partial charge in [-0.1, -0.05) is 35.0 Å². The van der Waals surface area contributed by atoms with E-state index in [1.807, 2.05) is 10.6 Å². The number of aromatic nitrogens is 4. The van der Waals surface area contributed by atoms with Crippen LogP contribution < -0.4 is 0 Å². The lowest BCUT2D eigenvalue weighted by molar-refractivity contribution is 0.603. The van der Waals surface area contributed by atoms with Crippen LogP contribution >= 0.6 is 35.0 Å². The van der Waals surface area contributed by atoms with Crippen LogP contribution in [-0.2, 0) is 9.84 Å². The van der Waals surface area contributed by atoms with Crippen molar-refractivity contribution in [1.29, 1.82) is 0 Å². The zero-order valence-corrected chi connectivity index (χ0v) is 16.8. The first kappa shape index (κ1) is 19.2. The second-order valence-corrected chi connectivity index (χ2v) is 9.60. The quantitative estimate of drug-likeness (QED) is 0.555. The average molecular weight is 429 g/mol. The van der Waals surface area contributed by atoms with Gasteiger partial charge in [0.1, 0.15) is 9.84 Å². The first-order valence-electron chi connectivity index (χ1n) is 7.47. The Bertz CT molecular complexity index is 1020. The number of thioether (sulfide) groups is 1. The Morgan fingerprint density at radius 1 is 1.15 bits per heavy atom. The van der Waals surface area contributed by atoms with Gasteiger partial charge in [0.2, 0.25) is 0 Å². The number of rotatable bonds is 6. The van der Waals surface area contributed by atoms with E-state index in [0.29, 0.717) is 26.8 Å². The zero-order chi connectivity index (χ0) is 18.7. The van der Waals surface area contributed by atoms with Crippen molar-refractivity contribution in [3.63, 3.8) is 0 Å². The van der Waals surface area contributed by atoms with Crippen LogP contribution in [0.3, 0.4) is 0 Å². The summed E-state index contributed by atoms with van der Waals surface area (Å²) in [6.45, 7) is 0. The van der Waals surface area contributed by atoms with Crippen LogP contribution in [0.1, 0.15) is 0 Å². The molecule has 0 saturated heterocycles. The van der Waals surface area contributed by atoms with E-state index < -0.39 is 9.84 Å². The van der Waals surface area contributed by atoms with Crippen molar-refractivity contribution in [3.8, 4) is 17.1 Å². The molecule has 0 amide bonds. The molecule has 0 aliphatic heterocycles. The van der Waals surface area contributed by atoms with Crippen molar-refractivity contribution in [2.75, 3.05) is 17.8 Å². The SMILES string of the molecule is CS(=O)(=O)CCSc1nnc(-c2cccnc2)n1-c1ccc(Cl)c(Cl)c1. The Morgan fingerprint density at radius 2 is 1.96 bits per heavy atom. The minimum Gasteiger partial charge on any atom is -0.270 e. The van der Waals surface area contributed by atoms with Gasteiger partial charge in [0, 0.05) is 30.0 Å². The van der Waals surface area contributed by atoms with Gasteiger partial charge in [-0.2, -0.15) is 0 Å². The molecule has 0 atom stereocenters. The maximum Gasteiger partial charge on any atom is 0.196 e. The van der Waals surface area contributed by atoms with Crippen molar-refractivity contribution in [2.45, 2.75) is 5.16 Å². The Hall–Kier alpha value is -1.61. The third kappa shape index (κ3) is 4.56. The molecule has 0 N–H and O–H groups in total. The molecule has 6 nitrogen and oxygen atoms in total. The minimum atomic E-state index is -3.06. The summed E-state index contributed by atoms with van der Waals surface area (Å²) < 4.78 is 24.6. The molecular formula is C16H14Cl2N4O2S2. The monoisotopic (exact) mass is 428 g/mol. The lowest BCUT2D eigenvalue weighted by Gasteiger charge is -2.11. The summed E-state index contributed by atoms with van der Waals surface area (Å²) in [5.74, 6) is 0.998. The van der Waals surface area contributed by atoms with Crippen molar-refractivity contribution in [1.82, 2.24) is 19.7 Å². The third-order valence-electron chi connectivity index (χ3n) is 3.40. The summed E-state index contributed by atoms with van der Waals surface area (Å²) in [5.41, 5.74) is 1.51. The topological polar surface area (TPSA) is 77.7 Å². The summed E-state index contributed by atoms with van der Waals surface area (Å²) in [6, 6.07) is 8.89. The first-order chi connectivity index (χ1) is 12.3. The van der Waals surface area contributed by atoms with Gasteiger partial charge in [0.25, 0.3) is 0 Å². The van der Waals surface area contributed by atoms with E-state index in [1.165, 1.54) is 18.0 Å². The molecule has 1 aromatic carbocycles. The normalized spacial score (nSPS) is 11.7. The molecule has 2 heterocycles. The molecule has 2 aromatic heterocycles. The fourth-order valence-electron chi connectivity index (χ4n) is 2.19. The highest BCUT2D eigenvalue weighted by atomic mass is 35.5. The second kappa shape index (κ2) is 7.96. The van der Waals surface area contributed by atoms with Crippen molar-refractivity contribution >= 4 is 44.8 Å². The van der Waals surface area contributed by atoms with E-state index in [9.17, 15) is 8.42 Å². The lowest BCUT2D eigenvalue weighted by atomic mass is 10.2. The molecule has 3 aromatic rings. The van der Waals surface area contributed by atoms with E-state index in [2.05, 4.69) is 15.2 Å². The molecular weight excluding hydrogens is 415 g/mol. The number of halogens is 2. The van der Waals surface area contributed by atoms with Gasteiger partial charge in [-0.05, 0) is 30.3 Å². The van der Waals surface area contributed by atoms with Gasteiger partial charge < -0.3 is 0 Å². The van der Waals surface area contributed by atoms with Crippen LogP contribution in [0.4, 0.5) is 0 Å². The lowest BCUT2D eigenvalue weighted by Crippen LogP contribution is -2.06. The number of pyridine rings is 1. The first-order valence-corrected chi connectivity index (χ1v) is 11.3. The molecule has 3 rings (SSSR count). The summed E-state index contributed by atoms with van der Waals surface area (Å²) >= 11 is 13.5. The van der Waals surface area contributed by atoms with Crippen LogP contribution in [-0.4, -0.2) is 45.9 Å². The predicted molar refractivity (Wildman–Crippen MR) is 105 cm³/mol. The van der Waals surface area contributed by atoms with Crippen LogP contribution in [0, 0.1) is 0 Å². The summed E-state index contributed by atoms with van der Waals surface area (Å²) in [7, 11) is -3.06. The zero-order valence-electron chi connectivity index (χ0n) is 13.6. The van der Waals surface area contributed by atoms with E-state index in [4.69, 9.17) is 23.2 Å². The van der Waals surface area contributed by atoms with Gasteiger partial charge in [-0.15, -0.1) is 10.2 Å². The highest BCUT2D eigenvalue weighted by Gasteiger charge is 2.17. The van der Waals surface area contributed by atoms with Gasteiger partial charge in [0.15, 0.2) is 11.0 Å². The minimum absolute atomic E-state index is 0.0497.